The molecule has 3 nitrogen and oxygen atoms in total. The number of hydrogen-bond donors (Lipinski definition) is 2. The number of aryl methyl sites for hydroxylation is 1. The zero-order valence-corrected chi connectivity index (χ0v) is 16.9. The fraction of sp³-hybridized carbons (Fsp3) is 0.667. The molecule has 3 heteroatoms. The number of rotatable bonds is 5. The van der Waals surface area contributed by atoms with Gasteiger partial charge in [-0.3, -0.25) is 4.79 Å². The van der Waals surface area contributed by atoms with Gasteiger partial charge in [0.15, 0.2) is 0 Å². The highest BCUT2D eigenvalue weighted by atomic mass is 16.3. The summed E-state index contributed by atoms with van der Waals surface area (Å²) < 4.78 is 0. The van der Waals surface area contributed by atoms with Gasteiger partial charge in [-0.1, -0.05) is 48.0 Å². The van der Waals surface area contributed by atoms with Crippen molar-refractivity contribution in [2.45, 2.75) is 75.2 Å². The minimum absolute atomic E-state index is 0.0663. The van der Waals surface area contributed by atoms with Gasteiger partial charge in [0.25, 0.3) is 0 Å². The van der Waals surface area contributed by atoms with Crippen LogP contribution in [0.4, 0.5) is 5.69 Å². The maximum Gasteiger partial charge on any atom is 0.228 e. The topological polar surface area (TPSA) is 49.3 Å². The summed E-state index contributed by atoms with van der Waals surface area (Å²) in [5, 5.41) is 13.2. The summed E-state index contributed by atoms with van der Waals surface area (Å²) in [5.74, 6) is 0.308. The van der Waals surface area contributed by atoms with E-state index in [9.17, 15) is 9.90 Å². The highest BCUT2D eigenvalue weighted by molar-refractivity contribution is 5.94. The Kier molecular flexibility index (Phi) is 6.13. The second-order valence-corrected chi connectivity index (χ2v) is 8.97. The van der Waals surface area contributed by atoms with Crippen LogP contribution in [0.2, 0.25) is 0 Å². The van der Waals surface area contributed by atoms with Crippen molar-refractivity contribution in [2.75, 3.05) is 5.32 Å². The predicted molar refractivity (Wildman–Crippen MR) is 103 cm³/mol. The molecular formula is C21H35NO2. The molecule has 0 fully saturated rings. The van der Waals surface area contributed by atoms with Gasteiger partial charge in [-0.2, -0.15) is 0 Å². The Labute approximate surface area is 147 Å². The van der Waals surface area contributed by atoms with Crippen molar-refractivity contribution in [3.05, 3.63) is 22.8 Å². The fourth-order valence-electron chi connectivity index (χ4n) is 2.91. The van der Waals surface area contributed by atoms with Gasteiger partial charge >= 0.3 is 0 Å². The number of aromatic hydroxyl groups is 1. The van der Waals surface area contributed by atoms with Gasteiger partial charge in [0.05, 0.1) is 0 Å². The Bertz CT molecular complexity index is 609. The van der Waals surface area contributed by atoms with E-state index in [0.717, 1.165) is 35.2 Å². The van der Waals surface area contributed by atoms with Crippen LogP contribution in [0.25, 0.3) is 0 Å². The Balaban J connectivity index is 3.14. The summed E-state index contributed by atoms with van der Waals surface area (Å²) in [7, 11) is 0. The lowest BCUT2D eigenvalue weighted by molar-refractivity contribution is -0.124. The van der Waals surface area contributed by atoms with Crippen molar-refractivity contribution in [3.63, 3.8) is 0 Å². The van der Waals surface area contributed by atoms with Gasteiger partial charge in [-0.25, -0.2) is 0 Å². The normalized spacial score (nSPS) is 13.7. The SMILES string of the molecule is CCC(C)(C)CC(C(=O)Nc1cc(C)c(O)c(C)c1C)C(C)(C)C. The Morgan fingerprint density at radius 1 is 1.12 bits per heavy atom. The smallest absolute Gasteiger partial charge is 0.228 e. The first-order chi connectivity index (χ1) is 10.8. The number of hydrogen-bond acceptors (Lipinski definition) is 2. The molecule has 1 aromatic rings. The highest BCUT2D eigenvalue weighted by Crippen LogP contribution is 2.39. The van der Waals surface area contributed by atoms with Crippen LogP contribution in [-0.4, -0.2) is 11.0 Å². The number of anilines is 1. The van der Waals surface area contributed by atoms with Crippen LogP contribution in [0.1, 0.15) is 71.1 Å². The average molecular weight is 334 g/mol. The third-order valence-electron chi connectivity index (χ3n) is 5.39. The van der Waals surface area contributed by atoms with E-state index in [-0.39, 0.29) is 22.7 Å². The molecule has 0 saturated heterocycles. The lowest BCUT2D eigenvalue weighted by Gasteiger charge is -2.36. The zero-order valence-electron chi connectivity index (χ0n) is 16.9. The van der Waals surface area contributed by atoms with Gasteiger partial charge in [0.2, 0.25) is 5.91 Å². The van der Waals surface area contributed by atoms with Crippen LogP contribution in [0.5, 0.6) is 5.75 Å². The van der Waals surface area contributed by atoms with E-state index in [4.69, 9.17) is 0 Å². The summed E-state index contributed by atoms with van der Waals surface area (Å²) in [5.41, 5.74) is 3.36. The van der Waals surface area contributed by atoms with Crippen molar-refractivity contribution in [3.8, 4) is 5.75 Å². The van der Waals surface area contributed by atoms with E-state index in [1.54, 1.807) is 0 Å². The van der Waals surface area contributed by atoms with Crippen LogP contribution in [0, 0.1) is 37.5 Å². The van der Waals surface area contributed by atoms with E-state index in [1.165, 1.54) is 0 Å². The van der Waals surface area contributed by atoms with Gasteiger partial charge in [-0.05, 0) is 60.8 Å². The maximum absolute atomic E-state index is 13.0. The second-order valence-electron chi connectivity index (χ2n) is 8.97. The molecule has 0 aromatic heterocycles. The van der Waals surface area contributed by atoms with Gasteiger partial charge < -0.3 is 10.4 Å². The van der Waals surface area contributed by atoms with E-state index in [1.807, 2.05) is 26.8 Å². The molecule has 0 aliphatic rings. The Hall–Kier alpha value is -1.51. The monoisotopic (exact) mass is 333 g/mol. The maximum atomic E-state index is 13.0. The van der Waals surface area contributed by atoms with Crippen LogP contribution in [-0.2, 0) is 4.79 Å². The zero-order chi connectivity index (χ0) is 18.9. The summed E-state index contributed by atoms with van der Waals surface area (Å²) in [6.45, 7) is 18.7. The third kappa shape index (κ3) is 4.75. The van der Waals surface area contributed by atoms with Crippen LogP contribution in [0.15, 0.2) is 6.07 Å². The van der Waals surface area contributed by atoms with Gasteiger partial charge in [0.1, 0.15) is 5.75 Å². The molecule has 24 heavy (non-hydrogen) atoms. The molecule has 2 N–H and O–H groups in total. The molecular weight excluding hydrogens is 298 g/mol. The highest BCUT2D eigenvalue weighted by Gasteiger charge is 2.35. The Morgan fingerprint density at radius 2 is 1.67 bits per heavy atom. The summed E-state index contributed by atoms with van der Waals surface area (Å²) >= 11 is 0. The number of carbonyl (C=O) groups is 1. The minimum Gasteiger partial charge on any atom is -0.507 e. The summed E-state index contributed by atoms with van der Waals surface area (Å²) in [6, 6.07) is 1.86. The van der Waals surface area contributed by atoms with E-state index < -0.39 is 0 Å². The standard InChI is InChI=1S/C21H35NO2/c1-10-21(8,9)12-16(20(5,6)7)19(24)22-17-11-13(2)18(23)15(4)14(17)3/h11,16,23H,10,12H2,1-9H3,(H,22,24). The lowest BCUT2D eigenvalue weighted by atomic mass is 9.70. The number of nitrogens with one attached hydrogen (secondary N) is 1. The fourth-order valence-corrected chi connectivity index (χ4v) is 2.91. The van der Waals surface area contributed by atoms with Gasteiger partial charge in [0, 0.05) is 11.6 Å². The number of phenolic OH excluding ortho intramolecular Hbond substituents is 1. The van der Waals surface area contributed by atoms with Crippen molar-refractivity contribution in [2.24, 2.45) is 16.7 Å². The molecule has 1 amide bonds. The second kappa shape index (κ2) is 7.16. The lowest BCUT2D eigenvalue weighted by Crippen LogP contribution is -2.36. The molecule has 0 heterocycles. The first kappa shape index (κ1) is 20.5. The predicted octanol–water partition coefficient (Wildman–Crippen LogP) is 5.74. The molecule has 136 valence electrons. The molecule has 1 aromatic carbocycles. The number of phenols is 1. The molecule has 0 spiro atoms. The minimum atomic E-state index is -0.106. The largest absolute Gasteiger partial charge is 0.507 e. The number of amides is 1. The molecule has 0 bridgehead atoms. The Morgan fingerprint density at radius 3 is 2.12 bits per heavy atom. The number of carbonyl (C=O) groups excluding carboxylic acids is 1. The van der Waals surface area contributed by atoms with E-state index in [2.05, 4.69) is 46.9 Å². The summed E-state index contributed by atoms with van der Waals surface area (Å²) in [6.07, 6.45) is 1.90. The quantitative estimate of drug-likeness (QED) is 0.675. The molecule has 0 aliphatic heterocycles. The number of benzene rings is 1. The summed E-state index contributed by atoms with van der Waals surface area (Å²) in [4.78, 5) is 13.0. The van der Waals surface area contributed by atoms with Crippen LogP contribution in [0.3, 0.4) is 0 Å². The van der Waals surface area contributed by atoms with Crippen molar-refractivity contribution < 1.29 is 9.90 Å². The van der Waals surface area contributed by atoms with Gasteiger partial charge in [-0.15, -0.1) is 0 Å². The molecule has 1 unspecified atom stereocenters. The third-order valence-corrected chi connectivity index (χ3v) is 5.39. The molecule has 1 atom stereocenters. The molecule has 1 rings (SSSR count). The van der Waals surface area contributed by atoms with Crippen molar-refractivity contribution >= 4 is 11.6 Å². The van der Waals surface area contributed by atoms with Crippen LogP contribution < -0.4 is 5.32 Å². The van der Waals surface area contributed by atoms with E-state index in [0.29, 0.717) is 5.75 Å². The molecule has 0 saturated carbocycles. The molecule has 0 aliphatic carbocycles. The van der Waals surface area contributed by atoms with Crippen LogP contribution >= 0.6 is 0 Å². The average Bonchev–Trinajstić information content (AvgIpc) is 2.47. The van der Waals surface area contributed by atoms with E-state index >= 15 is 0 Å². The van der Waals surface area contributed by atoms with Crippen molar-refractivity contribution in [1.29, 1.82) is 0 Å². The molecule has 0 radical (unpaired) electrons. The first-order valence-corrected chi connectivity index (χ1v) is 8.90. The van der Waals surface area contributed by atoms with Crippen molar-refractivity contribution in [1.82, 2.24) is 0 Å². The first-order valence-electron chi connectivity index (χ1n) is 8.90.